The van der Waals surface area contributed by atoms with Crippen LogP contribution >= 0.6 is 15.9 Å². The minimum Gasteiger partial charge on any atom is -0.466 e. The van der Waals surface area contributed by atoms with E-state index in [-0.39, 0.29) is 11.9 Å². The highest BCUT2D eigenvalue weighted by atomic mass is 79.9. The maximum absolute atomic E-state index is 12.2. The summed E-state index contributed by atoms with van der Waals surface area (Å²) in [5.41, 5.74) is 3.52. The highest BCUT2D eigenvalue weighted by Gasteiger charge is 2.23. The van der Waals surface area contributed by atoms with Crippen molar-refractivity contribution < 1.29 is 19.1 Å². The first-order chi connectivity index (χ1) is 10.9. The lowest BCUT2D eigenvalue weighted by atomic mass is 10.0. The number of methoxy groups -OCH3 is 1. The van der Waals surface area contributed by atoms with Crippen molar-refractivity contribution in [2.24, 2.45) is 7.05 Å². The summed E-state index contributed by atoms with van der Waals surface area (Å²) in [6.07, 6.45) is 1.28. The average Bonchev–Trinajstić information content (AvgIpc) is 2.79. The number of benzene rings is 1. The number of hydrogen-bond donors (Lipinski definition) is 0. The van der Waals surface area contributed by atoms with Gasteiger partial charge in [0.25, 0.3) is 0 Å². The summed E-state index contributed by atoms with van der Waals surface area (Å²) < 4.78 is 12.7. The fourth-order valence-electron chi connectivity index (χ4n) is 2.75. The van der Waals surface area contributed by atoms with Gasteiger partial charge in [0.2, 0.25) is 0 Å². The second-order valence-corrected chi connectivity index (χ2v) is 6.21. The summed E-state index contributed by atoms with van der Waals surface area (Å²) in [4.78, 5) is 23.1. The molecule has 0 saturated carbocycles. The van der Waals surface area contributed by atoms with Crippen molar-refractivity contribution in [1.82, 2.24) is 4.57 Å². The molecule has 0 radical (unpaired) electrons. The molecule has 0 atom stereocenters. The van der Waals surface area contributed by atoms with Gasteiger partial charge in [-0.2, -0.15) is 0 Å². The van der Waals surface area contributed by atoms with Gasteiger partial charge in [-0.25, -0.2) is 4.79 Å². The number of esters is 2. The van der Waals surface area contributed by atoms with Crippen LogP contribution in [0.3, 0.4) is 0 Å². The maximum atomic E-state index is 12.2. The predicted octanol–water partition coefficient (Wildman–Crippen LogP) is 3.53. The number of aromatic nitrogens is 1. The van der Waals surface area contributed by atoms with E-state index in [0.29, 0.717) is 25.1 Å². The van der Waals surface area contributed by atoms with Crippen LogP contribution in [0.1, 0.15) is 35.0 Å². The molecule has 0 aliphatic rings. The number of nitrogens with zero attached hydrogens (tertiary/aromatic N) is 1. The second-order valence-electron chi connectivity index (χ2n) is 5.41. The van der Waals surface area contributed by atoms with Crippen LogP contribution in [0, 0.1) is 6.92 Å². The Morgan fingerprint density at radius 2 is 2.00 bits per heavy atom. The van der Waals surface area contributed by atoms with Crippen LogP contribution in [0.15, 0.2) is 16.6 Å². The Bertz CT molecular complexity index is 764. The molecule has 0 unspecified atom stereocenters. The summed E-state index contributed by atoms with van der Waals surface area (Å²) in [6.45, 7) is 3.73. The zero-order valence-corrected chi connectivity index (χ0v) is 15.3. The number of hydrogen-bond acceptors (Lipinski definition) is 4. The molecular weight excluding hydrogens is 362 g/mol. The minimum absolute atomic E-state index is 0.297. The van der Waals surface area contributed by atoms with Gasteiger partial charge in [0.15, 0.2) is 0 Å². The second kappa shape index (κ2) is 7.17. The molecule has 124 valence electrons. The van der Waals surface area contributed by atoms with E-state index < -0.39 is 0 Å². The first kappa shape index (κ1) is 17.5. The van der Waals surface area contributed by atoms with Crippen molar-refractivity contribution in [3.05, 3.63) is 33.4 Å². The Morgan fingerprint density at radius 1 is 1.30 bits per heavy atom. The van der Waals surface area contributed by atoms with Crippen molar-refractivity contribution in [1.29, 1.82) is 0 Å². The van der Waals surface area contributed by atoms with Crippen LogP contribution in [-0.2, 0) is 27.7 Å². The lowest BCUT2D eigenvalue weighted by Crippen LogP contribution is -2.11. The number of carbonyl (C=O) groups is 2. The van der Waals surface area contributed by atoms with E-state index in [0.717, 1.165) is 26.5 Å². The van der Waals surface area contributed by atoms with Gasteiger partial charge in [-0.3, -0.25) is 4.79 Å². The van der Waals surface area contributed by atoms with Crippen LogP contribution in [0.4, 0.5) is 0 Å². The van der Waals surface area contributed by atoms with Gasteiger partial charge in [-0.15, -0.1) is 0 Å². The lowest BCUT2D eigenvalue weighted by Gasteiger charge is -2.06. The molecule has 1 aromatic carbocycles. The Hall–Kier alpha value is -1.82. The lowest BCUT2D eigenvalue weighted by molar-refractivity contribution is -0.141. The molecule has 0 N–H and O–H groups in total. The molecule has 23 heavy (non-hydrogen) atoms. The van der Waals surface area contributed by atoms with Gasteiger partial charge in [0, 0.05) is 23.8 Å². The number of carbonyl (C=O) groups excluding carboxylic acids is 2. The van der Waals surface area contributed by atoms with Gasteiger partial charge in [0.05, 0.1) is 19.2 Å². The molecule has 0 fully saturated rings. The molecular formula is C17H20BrNO4. The molecule has 6 heteroatoms. The van der Waals surface area contributed by atoms with Crippen LogP contribution < -0.4 is 0 Å². The molecule has 0 amide bonds. The number of halogens is 1. The summed E-state index contributed by atoms with van der Waals surface area (Å²) in [5.74, 6) is -0.662. The van der Waals surface area contributed by atoms with Gasteiger partial charge in [0.1, 0.15) is 5.69 Å². The van der Waals surface area contributed by atoms with Crippen molar-refractivity contribution in [2.45, 2.75) is 26.7 Å². The quantitative estimate of drug-likeness (QED) is 0.587. The third-order valence-electron chi connectivity index (χ3n) is 3.85. The van der Waals surface area contributed by atoms with Crippen LogP contribution in [-0.4, -0.2) is 30.2 Å². The molecule has 0 aliphatic carbocycles. The highest BCUT2D eigenvalue weighted by molar-refractivity contribution is 9.10. The molecule has 5 nitrogen and oxygen atoms in total. The Morgan fingerprint density at radius 3 is 2.61 bits per heavy atom. The Kier molecular flexibility index (Phi) is 5.46. The normalized spacial score (nSPS) is 10.8. The van der Waals surface area contributed by atoms with Crippen LogP contribution in [0.2, 0.25) is 0 Å². The van der Waals surface area contributed by atoms with Gasteiger partial charge in [-0.05, 0) is 46.8 Å². The molecule has 2 rings (SSSR count). The Labute approximate surface area is 143 Å². The predicted molar refractivity (Wildman–Crippen MR) is 91.6 cm³/mol. The maximum Gasteiger partial charge on any atom is 0.354 e. The third kappa shape index (κ3) is 3.42. The van der Waals surface area contributed by atoms with E-state index in [9.17, 15) is 9.59 Å². The summed E-state index contributed by atoms with van der Waals surface area (Å²) in [5, 5.41) is 1.01. The number of rotatable bonds is 5. The fraction of sp³-hybridized carbons (Fsp3) is 0.412. The summed E-state index contributed by atoms with van der Waals surface area (Å²) >= 11 is 3.61. The fourth-order valence-corrected chi connectivity index (χ4v) is 3.37. The van der Waals surface area contributed by atoms with Gasteiger partial charge >= 0.3 is 11.9 Å². The topological polar surface area (TPSA) is 57.5 Å². The first-order valence-electron chi connectivity index (χ1n) is 7.36. The summed E-state index contributed by atoms with van der Waals surface area (Å²) in [6, 6.07) is 4.03. The summed E-state index contributed by atoms with van der Waals surface area (Å²) in [7, 11) is 3.23. The highest BCUT2D eigenvalue weighted by Crippen LogP contribution is 2.34. The molecule has 1 aromatic heterocycles. The zero-order chi connectivity index (χ0) is 17.1. The van der Waals surface area contributed by atoms with Crippen molar-refractivity contribution in [3.8, 4) is 0 Å². The largest absolute Gasteiger partial charge is 0.466 e. The SMILES string of the molecule is COC(=O)c1c(CCCOC(C)=O)c2ccc(C)c(Br)c2n1C. The number of ether oxygens (including phenoxy) is 2. The molecule has 0 bridgehead atoms. The van der Waals surface area contributed by atoms with Crippen molar-refractivity contribution in [2.75, 3.05) is 13.7 Å². The smallest absolute Gasteiger partial charge is 0.354 e. The molecule has 1 heterocycles. The standard InChI is InChI=1S/C17H20BrNO4/c1-10-7-8-13-12(6-5-9-23-11(2)20)16(17(21)22-4)19(3)15(13)14(10)18/h7-8H,5-6,9H2,1-4H3. The van der Waals surface area contributed by atoms with Crippen LogP contribution in [0.25, 0.3) is 10.9 Å². The molecule has 0 aliphatic heterocycles. The monoisotopic (exact) mass is 381 g/mol. The van der Waals surface area contributed by atoms with Gasteiger partial charge < -0.3 is 14.0 Å². The van der Waals surface area contributed by atoms with Crippen molar-refractivity contribution in [3.63, 3.8) is 0 Å². The molecule has 2 aromatic rings. The molecule has 0 spiro atoms. The Balaban J connectivity index is 2.49. The van der Waals surface area contributed by atoms with E-state index in [1.165, 1.54) is 14.0 Å². The van der Waals surface area contributed by atoms with E-state index in [1.807, 2.05) is 30.7 Å². The number of aryl methyl sites for hydroxylation is 3. The van der Waals surface area contributed by atoms with E-state index in [2.05, 4.69) is 15.9 Å². The van der Waals surface area contributed by atoms with Crippen molar-refractivity contribution >= 4 is 38.8 Å². The van der Waals surface area contributed by atoms with E-state index >= 15 is 0 Å². The molecule has 0 saturated heterocycles. The van der Waals surface area contributed by atoms with E-state index in [4.69, 9.17) is 9.47 Å². The first-order valence-corrected chi connectivity index (χ1v) is 8.15. The van der Waals surface area contributed by atoms with Crippen LogP contribution in [0.5, 0.6) is 0 Å². The minimum atomic E-state index is -0.365. The number of fused-ring (bicyclic) bond motifs is 1. The van der Waals surface area contributed by atoms with Gasteiger partial charge in [-0.1, -0.05) is 12.1 Å². The average molecular weight is 382 g/mol. The zero-order valence-electron chi connectivity index (χ0n) is 13.7. The third-order valence-corrected chi connectivity index (χ3v) is 4.85. The van der Waals surface area contributed by atoms with E-state index in [1.54, 1.807) is 0 Å².